The van der Waals surface area contributed by atoms with Crippen molar-refractivity contribution < 1.29 is 4.79 Å². The van der Waals surface area contributed by atoms with Gasteiger partial charge in [0.25, 0.3) is 0 Å². The monoisotopic (exact) mass is 291 g/mol. The van der Waals surface area contributed by atoms with Crippen molar-refractivity contribution in [2.24, 2.45) is 0 Å². The molecule has 1 aromatic carbocycles. The molecule has 2 rings (SSSR count). The van der Waals surface area contributed by atoms with Gasteiger partial charge in [-0.25, -0.2) is 0 Å². The van der Waals surface area contributed by atoms with Gasteiger partial charge in [0.15, 0.2) is 0 Å². The third kappa shape index (κ3) is 4.46. The Hall–Kier alpha value is -0.810. The first-order valence-corrected chi connectivity index (χ1v) is 5.58. The number of piperazine rings is 1. The van der Waals surface area contributed by atoms with E-state index in [0.29, 0.717) is 6.54 Å². The highest BCUT2D eigenvalue weighted by molar-refractivity contribution is 5.95. The van der Waals surface area contributed by atoms with E-state index in [4.69, 9.17) is 0 Å². The number of carbonyl (C=O) groups excluding carboxylic acids is 1. The molecule has 3 N–H and O–H groups in total. The second-order valence-electron chi connectivity index (χ2n) is 4.02. The van der Waals surface area contributed by atoms with Crippen molar-refractivity contribution in [2.45, 2.75) is 13.0 Å². The van der Waals surface area contributed by atoms with E-state index in [2.05, 4.69) is 16.0 Å². The molecule has 1 amide bonds. The summed E-state index contributed by atoms with van der Waals surface area (Å²) >= 11 is 0. The largest absolute Gasteiger partial charge is 0.324 e. The van der Waals surface area contributed by atoms with Crippen molar-refractivity contribution >= 4 is 36.4 Å². The van der Waals surface area contributed by atoms with Crippen LogP contribution in [0.25, 0.3) is 0 Å². The van der Waals surface area contributed by atoms with Gasteiger partial charge in [-0.3, -0.25) is 4.79 Å². The van der Waals surface area contributed by atoms with Crippen LogP contribution in [0.3, 0.4) is 0 Å². The van der Waals surface area contributed by atoms with Crippen LogP contribution in [-0.2, 0) is 4.79 Å². The number of hydrogen-bond donors (Lipinski definition) is 3. The molecule has 0 aliphatic carbocycles. The molecule has 4 nitrogen and oxygen atoms in total. The van der Waals surface area contributed by atoms with Crippen molar-refractivity contribution in [3.8, 4) is 0 Å². The molecular formula is C12H19Cl2N3O. The molecule has 1 aliphatic heterocycles. The van der Waals surface area contributed by atoms with Crippen molar-refractivity contribution in [1.82, 2.24) is 10.6 Å². The third-order valence-electron chi connectivity index (χ3n) is 2.76. The molecule has 1 fully saturated rings. The minimum atomic E-state index is -0.131. The van der Waals surface area contributed by atoms with Gasteiger partial charge in [-0.2, -0.15) is 0 Å². The molecule has 0 spiro atoms. The fourth-order valence-corrected chi connectivity index (χ4v) is 1.77. The first kappa shape index (κ1) is 17.2. The molecule has 0 bridgehead atoms. The standard InChI is InChI=1S/C12H17N3O.2ClH/c1-9-4-2-3-5-10(9)15-12(16)11-8-13-6-7-14-11;;/h2-5,11,13-14H,6-8H2,1H3,(H,15,16);2*1H. The zero-order valence-corrected chi connectivity index (χ0v) is 11.9. The second-order valence-corrected chi connectivity index (χ2v) is 4.02. The van der Waals surface area contributed by atoms with E-state index in [9.17, 15) is 4.79 Å². The van der Waals surface area contributed by atoms with Crippen molar-refractivity contribution in [3.63, 3.8) is 0 Å². The quantitative estimate of drug-likeness (QED) is 0.771. The van der Waals surface area contributed by atoms with Gasteiger partial charge in [-0.15, -0.1) is 24.8 Å². The van der Waals surface area contributed by atoms with Crippen LogP contribution in [0.1, 0.15) is 5.56 Å². The summed E-state index contributed by atoms with van der Waals surface area (Å²) in [7, 11) is 0. The van der Waals surface area contributed by atoms with Gasteiger partial charge in [-0.05, 0) is 18.6 Å². The lowest BCUT2D eigenvalue weighted by molar-refractivity contribution is -0.118. The fourth-order valence-electron chi connectivity index (χ4n) is 1.77. The highest BCUT2D eigenvalue weighted by atomic mass is 35.5. The summed E-state index contributed by atoms with van der Waals surface area (Å²) in [6, 6.07) is 7.67. The molecule has 6 heteroatoms. The smallest absolute Gasteiger partial charge is 0.242 e. The predicted octanol–water partition coefficient (Wildman–Crippen LogP) is 1.34. The topological polar surface area (TPSA) is 53.2 Å². The Morgan fingerprint density at radius 1 is 1.28 bits per heavy atom. The summed E-state index contributed by atoms with van der Waals surface area (Å²) in [5.74, 6) is 0.0292. The van der Waals surface area contributed by atoms with Crippen molar-refractivity contribution in [3.05, 3.63) is 29.8 Å². The number of rotatable bonds is 2. The Kier molecular flexibility index (Phi) is 7.95. The average Bonchev–Trinajstić information content (AvgIpc) is 2.33. The number of hydrogen-bond acceptors (Lipinski definition) is 3. The van der Waals surface area contributed by atoms with Crippen LogP contribution in [0.4, 0.5) is 5.69 Å². The summed E-state index contributed by atoms with van der Waals surface area (Å²) in [6.07, 6.45) is 0. The normalized spacial score (nSPS) is 18.2. The molecule has 18 heavy (non-hydrogen) atoms. The number of nitrogens with one attached hydrogen (secondary N) is 3. The van der Waals surface area contributed by atoms with E-state index in [1.54, 1.807) is 0 Å². The SMILES string of the molecule is Cc1ccccc1NC(=O)C1CNCCN1.Cl.Cl. The summed E-state index contributed by atoms with van der Waals surface area (Å²) in [5.41, 5.74) is 1.97. The molecule has 0 aromatic heterocycles. The maximum atomic E-state index is 11.9. The molecule has 102 valence electrons. The molecule has 1 saturated heterocycles. The number of carbonyl (C=O) groups is 1. The molecule has 0 saturated carbocycles. The van der Waals surface area contributed by atoms with Crippen LogP contribution in [0.5, 0.6) is 0 Å². The Morgan fingerprint density at radius 2 is 2.00 bits per heavy atom. The summed E-state index contributed by atoms with van der Waals surface area (Å²) in [5, 5.41) is 9.32. The van der Waals surface area contributed by atoms with Crippen LogP contribution in [0.2, 0.25) is 0 Å². The molecule has 1 aromatic rings. The van der Waals surface area contributed by atoms with Crippen molar-refractivity contribution in [1.29, 1.82) is 0 Å². The van der Waals surface area contributed by atoms with Crippen LogP contribution in [-0.4, -0.2) is 31.6 Å². The van der Waals surface area contributed by atoms with Gasteiger partial charge in [0.05, 0.1) is 6.04 Å². The third-order valence-corrected chi connectivity index (χ3v) is 2.76. The second kappa shape index (κ2) is 8.32. The maximum absolute atomic E-state index is 11.9. The first-order chi connectivity index (χ1) is 7.77. The highest BCUT2D eigenvalue weighted by Gasteiger charge is 2.20. The summed E-state index contributed by atoms with van der Waals surface area (Å²) in [4.78, 5) is 11.9. The first-order valence-electron chi connectivity index (χ1n) is 5.58. The lowest BCUT2D eigenvalue weighted by atomic mass is 10.1. The van der Waals surface area contributed by atoms with Gasteiger partial charge in [0, 0.05) is 25.3 Å². The lowest BCUT2D eigenvalue weighted by Gasteiger charge is -2.23. The van der Waals surface area contributed by atoms with Gasteiger partial charge >= 0.3 is 0 Å². The fraction of sp³-hybridized carbons (Fsp3) is 0.417. The molecule has 0 radical (unpaired) electrons. The number of para-hydroxylation sites is 1. The van der Waals surface area contributed by atoms with Crippen LogP contribution < -0.4 is 16.0 Å². The Morgan fingerprint density at radius 3 is 2.61 bits per heavy atom. The van der Waals surface area contributed by atoms with E-state index in [1.807, 2.05) is 31.2 Å². The minimum Gasteiger partial charge on any atom is -0.324 e. The van der Waals surface area contributed by atoms with E-state index in [0.717, 1.165) is 24.3 Å². The zero-order valence-electron chi connectivity index (χ0n) is 10.2. The highest BCUT2D eigenvalue weighted by Crippen LogP contribution is 2.13. The van der Waals surface area contributed by atoms with Crippen LogP contribution >= 0.6 is 24.8 Å². The summed E-state index contributed by atoms with van der Waals surface area (Å²) < 4.78 is 0. The van der Waals surface area contributed by atoms with Gasteiger partial charge < -0.3 is 16.0 Å². The number of amides is 1. The van der Waals surface area contributed by atoms with E-state index in [1.165, 1.54) is 0 Å². The van der Waals surface area contributed by atoms with Gasteiger partial charge in [-0.1, -0.05) is 18.2 Å². The Labute approximate surface area is 120 Å². The molecule has 1 aliphatic rings. The zero-order chi connectivity index (χ0) is 11.4. The number of benzene rings is 1. The van der Waals surface area contributed by atoms with E-state index in [-0.39, 0.29) is 36.8 Å². The van der Waals surface area contributed by atoms with Crippen molar-refractivity contribution in [2.75, 3.05) is 25.0 Å². The summed E-state index contributed by atoms with van der Waals surface area (Å²) in [6.45, 7) is 4.44. The molecule has 1 unspecified atom stereocenters. The lowest BCUT2D eigenvalue weighted by Crippen LogP contribution is -2.54. The van der Waals surface area contributed by atoms with Crippen LogP contribution in [0.15, 0.2) is 24.3 Å². The molecule has 1 heterocycles. The predicted molar refractivity (Wildman–Crippen MR) is 79.0 cm³/mol. The average molecular weight is 292 g/mol. The van der Waals surface area contributed by atoms with Gasteiger partial charge in [0.1, 0.15) is 0 Å². The number of halogens is 2. The molecule has 1 atom stereocenters. The molecular weight excluding hydrogens is 273 g/mol. The minimum absolute atomic E-state index is 0. The maximum Gasteiger partial charge on any atom is 0.242 e. The van der Waals surface area contributed by atoms with E-state index < -0.39 is 0 Å². The Bertz CT molecular complexity index is 381. The van der Waals surface area contributed by atoms with Crippen LogP contribution in [0, 0.1) is 6.92 Å². The Balaban J connectivity index is 0.00000144. The van der Waals surface area contributed by atoms with Gasteiger partial charge in [0.2, 0.25) is 5.91 Å². The number of anilines is 1. The number of aryl methyl sites for hydroxylation is 1. The van der Waals surface area contributed by atoms with E-state index >= 15 is 0 Å².